The van der Waals surface area contributed by atoms with Crippen LogP contribution in [0.2, 0.25) is 0 Å². The zero-order chi connectivity index (χ0) is 18.4. The van der Waals surface area contributed by atoms with E-state index in [9.17, 15) is 0 Å². The molecule has 0 spiro atoms. The topological polar surface area (TPSA) is 4.93 Å². The maximum absolute atomic E-state index is 2.55. The Hall–Kier alpha value is -1.76. The van der Waals surface area contributed by atoms with Gasteiger partial charge in [-0.2, -0.15) is 0 Å². The largest absolute Gasteiger partial charge is 0.340 e. The number of benzene rings is 1. The molecular weight excluding hydrogens is 314 g/mol. The number of allylic oxidation sites excluding steroid dienone is 4. The molecule has 2 aromatic rings. The van der Waals surface area contributed by atoms with Crippen molar-refractivity contribution in [1.29, 1.82) is 0 Å². The highest BCUT2D eigenvalue weighted by Gasteiger charge is 2.39. The molecule has 0 aliphatic heterocycles. The molecule has 0 N–H and O–H groups in total. The second-order valence-corrected chi connectivity index (χ2v) is 8.22. The lowest BCUT2D eigenvalue weighted by Crippen LogP contribution is -2.42. The van der Waals surface area contributed by atoms with E-state index in [0.717, 1.165) is 0 Å². The molecule has 3 rings (SSSR count). The van der Waals surface area contributed by atoms with Gasteiger partial charge in [-0.25, -0.2) is 0 Å². The second-order valence-electron chi connectivity index (χ2n) is 8.22. The summed E-state index contributed by atoms with van der Waals surface area (Å²) >= 11 is 0. The first kappa shape index (κ1) is 19.0. The van der Waals surface area contributed by atoms with Crippen LogP contribution in [0.3, 0.4) is 0 Å². The fourth-order valence-electron chi connectivity index (χ4n) is 4.57. The van der Waals surface area contributed by atoms with E-state index in [0.29, 0.717) is 11.8 Å². The van der Waals surface area contributed by atoms with Crippen LogP contribution in [0.1, 0.15) is 65.7 Å². The molecule has 0 saturated carbocycles. The molecule has 1 aromatic carbocycles. The lowest BCUT2D eigenvalue weighted by atomic mass is 9.74. The van der Waals surface area contributed by atoms with Crippen molar-refractivity contribution in [2.75, 3.05) is 0 Å². The summed E-state index contributed by atoms with van der Waals surface area (Å²) in [6.07, 6.45) is 21.0. The summed E-state index contributed by atoms with van der Waals surface area (Å²) in [7, 11) is 0. The van der Waals surface area contributed by atoms with Gasteiger partial charge < -0.3 is 4.57 Å². The van der Waals surface area contributed by atoms with Gasteiger partial charge in [-0.3, -0.25) is 0 Å². The quantitative estimate of drug-likeness (QED) is 0.392. The molecular formula is C25H35N. The Kier molecular flexibility index (Phi) is 6.40. The number of hydrogen-bond acceptors (Lipinski definition) is 0. The van der Waals surface area contributed by atoms with E-state index in [1.807, 2.05) is 0 Å². The average molecular weight is 350 g/mol. The van der Waals surface area contributed by atoms with Gasteiger partial charge in [-0.15, -0.1) is 0 Å². The summed E-state index contributed by atoms with van der Waals surface area (Å²) in [5.74, 6) is 1.09. The third kappa shape index (κ3) is 3.82. The van der Waals surface area contributed by atoms with E-state index >= 15 is 0 Å². The molecule has 1 nitrogen and oxygen atoms in total. The Balaban J connectivity index is 1.78. The predicted molar refractivity (Wildman–Crippen MR) is 115 cm³/mol. The van der Waals surface area contributed by atoms with Crippen LogP contribution in [0.15, 0.2) is 60.8 Å². The van der Waals surface area contributed by atoms with Gasteiger partial charge in [0.15, 0.2) is 0 Å². The van der Waals surface area contributed by atoms with Crippen LogP contribution in [-0.2, 0) is 5.54 Å². The summed E-state index contributed by atoms with van der Waals surface area (Å²) in [5, 5.41) is 1.34. The first-order valence-corrected chi connectivity index (χ1v) is 10.6. The number of hydrogen-bond donors (Lipinski definition) is 0. The third-order valence-electron chi connectivity index (χ3n) is 6.53. The summed E-state index contributed by atoms with van der Waals surface area (Å²) in [4.78, 5) is 0. The minimum atomic E-state index is 0.0794. The Morgan fingerprint density at radius 3 is 2.42 bits per heavy atom. The van der Waals surface area contributed by atoms with Crippen LogP contribution in [-0.4, -0.2) is 4.57 Å². The van der Waals surface area contributed by atoms with E-state index in [-0.39, 0.29) is 5.54 Å². The lowest BCUT2D eigenvalue weighted by Gasteiger charge is -2.42. The number of nitrogens with zero attached hydrogens (tertiary/aromatic N) is 1. The molecule has 0 bridgehead atoms. The maximum Gasteiger partial charge on any atom is 0.0540 e. The lowest BCUT2D eigenvalue weighted by molar-refractivity contribution is 0.161. The molecule has 1 heterocycles. The van der Waals surface area contributed by atoms with Gasteiger partial charge in [0, 0.05) is 17.6 Å². The minimum Gasteiger partial charge on any atom is -0.340 e. The van der Waals surface area contributed by atoms with Crippen molar-refractivity contribution >= 4 is 10.9 Å². The van der Waals surface area contributed by atoms with Gasteiger partial charge in [-0.1, -0.05) is 94.9 Å². The standard InChI is InChI=1S/C25H35N/c1-4-5-6-7-8-9-14-21(2)25(3,23-16-11-12-17-23)26-20-19-22-15-10-13-18-24(22)26/h10-13,15-21,23H,4-9,14H2,1-3H3. The summed E-state index contributed by atoms with van der Waals surface area (Å²) in [5.41, 5.74) is 1.44. The Morgan fingerprint density at radius 1 is 0.962 bits per heavy atom. The van der Waals surface area contributed by atoms with Crippen molar-refractivity contribution in [2.45, 2.75) is 71.3 Å². The van der Waals surface area contributed by atoms with Crippen molar-refractivity contribution in [2.24, 2.45) is 11.8 Å². The van der Waals surface area contributed by atoms with Crippen LogP contribution in [0.5, 0.6) is 0 Å². The highest BCUT2D eigenvalue weighted by atomic mass is 15.1. The number of unbranched alkanes of at least 4 members (excludes halogenated alkanes) is 5. The summed E-state index contributed by atoms with van der Waals surface area (Å²) in [6.45, 7) is 7.21. The fourth-order valence-corrected chi connectivity index (χ4v) is 4.57. The molecule has 1 aromatic heterocycles. The zero-order valence-electron chi connectivity index (χ0n) is 16.8. The van der Waals surface area contributed by atoms with Crippen molar-refractivity contribution in [3.05, 3.63) is 60.8 Å². The average Bonchev–Trinajstić information content (AvgIpc) is 3.34. The molecule has 2 unspecified atom stereocenters. The molecule has 0 saturated heterocycles. The molecule has 1 aliphatic carbocycles. The molecule has 1 aliphatic rings. The number of aromatic nitrogens is 1. The van der Waals surface area contributed by atoms with Crippen LogP contribution < -0.4 is 0 Å². The van der Waals surface area contributed by atoms with E-state index < -0.39 is 0 Å². The summed E-state index contributed by atoms with van der Waals surface area (Å²) < 4.78 is 2.55. The van der Waals surface area contributed by atoms with Gasteiger partial charge in [0.1, 0.15) is 0 Å². The van der Waals surface area contributed by atoms with Crippen LogP contribution in [0.4, 0.5) is 0 Å². The highest BCUT2D eigenvalue weighted by molar-refractivity contribution is 5.80. The molecule has 140 valence electrons. The summed E-state index contributed by atoms with van der Waals surface area (Å²) in [6, 6.07) is 11.1. The monoisotopic (exact) mass is 349 g/mol. The van der Waals surface area contributed by atoms with Gasteiger partial charge in [-0.05, 0) is 36.8 Å². The van der Waals surface area contributed by atoms with Gasteiger partial charge in [0.2, 0.25) is 0 Å². The zero-order valence-corrected chi connectivity index (χ0v) is 16.8. The van der Waals surface area contributed by atoms with Crippen molar-refractivity contribution in [3.63, 3.8) is 0 Å². The van der Waals surface area contributed by atoms with Crippen LogP contribution >= 0.6 is 0 Å². The molecule has 0 fully saturated rings. The van der Waals surface area contributed by atoms with Gasteiger partial charge in [0.25, 0.3) is 0 Å². The SMILES string of the molecule is CCCCCCCCC(C)C(C)(C1C=CC=C1)n1ccc2ccccc21. The van der Waals surface area contributed by atoms with E-state index in [4.69, 9.17) is 0 Å². The Labute approximate surface area is 159 Å². The Bertz CT molecular complexity index is 738. The number of fused-ring (bicyclic) bond motifs is 1. The maximum atomic E-state index is 2.55. The highest BCUT2D eigenvalue weighted by Crippen LogP contribution is 2.42. The fraction of sp³-hybridized carbons (Fsp3) is 0.520. The normalized spacial score (nSPS) is 17.8. The van der Waals surface area contributed by atoms with Crippen LogP contribution in [0, 0.1) is 11.8 Å². The predicted octanol–water partition coefficient (Wildman–Crippen LogP) is 7.49. The van der Waals surface area contributed by atoms with Gasteiger partial charge in [0.05, 0.1) is 5.54 Å². The molecule has 0 radical (unpaired) electrons. The molecule has 2 atom stereocenters. The van der Waals surface area contributed by atoms with Crippen molar-refractivity contribution < 1.29 is 0 Å². The minimum absolute atomic E-state index is 0.0794. The van der Waals surface area contributed by atoms with Gasteiger partial charge >= 0.3 is 0 Å². The third-order valence-corrected chi connectivity index (χ3v) is 6.53. The van der Waals surface area contributed by atoms with Crippen LogP contribution in [0.25, 0.3) is 10.9 Å². The molecule has 26 heavy (non-hydrogen) atoms. The van der Waals surface area contributed by atoms with Crippen molar-refractivity contribution in [3.8, 4) is 0 Å². The first-order valence-electron chi connectivity index (χ1n) is 10.6. The molecule has 0 amide bonds. The van der Waals surface area contributed by atoms with E-state index in [1.165, 1.54) is 55.8 Å². The molecule has 1 heteroatoms. The second kappa shape index (κ2) is 8.75. The Morgan fingerprint density at radius 2 is 1.65 bits per heavy atom. The first-order chi connectivity index (χ1) is 12.7. The number of para-hydroxylation sites is 1. The van der Waals surface area contributed by atoms with E-state index in [1.54, 1.807) is 0 Å². The van der Waals surface area contributed by atoms with E-state index in [2.05, 4.69) is 86.2 Å². The smallest absolute Gasteiger partial charge is 0.0540 e. The number of rotatable bonds is 10. The van der Waals surface area contributed by atoms with Crippen molar-refractivity contribution in [1.82, 2.24) is 4.57 Å².